The maximum Gasteiger partial charge on any atom is 0.101 e. The first kappa shape index (κ1) is 22.2. The molecular weight excluding hydrogens is 316 g/mol. The predicted octanol–water partition coefficient (Wildman–Crippen LogP) is 7.24. The zero-order chi connectivity index (χ0) is 19.0. The molecule has 0 N–H and O–H groups in total. The van der Waals surface area contributed by atoms with Crippen LogP contribution in [0.25, 0.3) is 0 Å². The van der Waals surface area contributed by atoms with Gasteiger partial charge in [-0.2, -0.15) is 10.5 Å². The molecule has 0 bridgehead atoms. The molecule has 0 aliphatic heterocycles. The number of hydrogen-bond acceptors (Lipinski definition) is 2. The molecule has 142 valence electrons. The molecule has 0 saturated heterocycles. The van der Waals surface area contributed by atoms with Crippen LogP contribution in [0.4, 0.5) is 0 Å². The van der Waals surface area contributed by atoms with Crippen LogP contribution in [0.2, 0.25) is 0 Å². The van der Waals surface area contributed by atoms with E-state index >= 15 is 0 Å². The fraction of sp³-hybridized carbons (Fsp3) is 0.667. The Morgan fingerprint density at radius 3 is 1.73 bits per heavy atom. The lowest BCUT2D eigenvalue weighted by molar-refractivity contribution is 0.599. The molecule has 0 aliphatic carbocycles. The second-order valence-electron chi connectivity index (χ2n) is 7.38. The lowest BCUT2D eigenvalue weighted by Gasteiger charge is -2.13. The van der Waals surface area contributed by atoms with Gasteiger partial charge in [0.2, 0.25) is 0 Å². The van der Waals surface area contributed by atoms with Crippen molar-refractivity contribution in [2.75, 3.05) is 0 Å². The first-order valence-corrected chi connectivity index (χ1v) is 10.7. The predicted molar refractivity (Wildman–Crippen MR) is 110 cm³/mol. The van der Waals surface area contributed by atoms with E-state index < -0.39 is 0 Å². The molecule has 0 unspecified atom stereocenters. The van der Waals surface area contributed by atoms with Gasteiger partial charge in [0, 0.05) is 0 Å². The van der Waals surface area contributed by atoms with Crippen molar-refractivity contribution in [2.24, 2.45) is 0 Å². The third-order valence-electron chi connectivity index (χ3n) is 5.22. The molecule has 0 aliphatic rings. The lowest BCUT2D eigenvalue weighted by Crippen LogP contribution is -2.02. The van der Waals surface area contributed by atoms with Crippen molar-refractivity contribution < 1.29 is 0 Å². The fourth-order valence-corrected chi connectivity index (χ4v) is 3.61. The van der Waals surface area contributed by atoms with Gasteiger partial charge in [-0.3, -0.25) is 0 Å². The minimum atomic E-state index is 0.542. The van der Waals surface area contributed by atoms with E-state index in [9.17, 15) is 10.5 Å². The van der Waals surface area contributed by atoms with Crippen LogP contribution in [-0.4, -0.2) is 0 Å². The first-order chi connectivity index (χ1) is 12.8. The summed E-state index contributed by atoms with van der Waals surface area (Å²) in [6.45, 7) is 4.48. The monoisotopic (exact) mass is 352 g/mol. The second-order valence-corrected chi connectivity index (χ2v) is 7.38. The third kappa shape index (κ3) is 8.05. The Morgan fingerprint density at radius 2 is 1.19 bits per heavy atom. The summed E-state index contributed by atoms with van der Waals surface area (Å²) in [5, 5.41) is 18.9. The Bertz CT molecular complexity index is 589. The summed E-state index contributed by atoms with van der Waals surface area (Å²) >= 11 is 0. The zero-order valence-corrected chi connectivity index (χ0v) is 16.9. The molecule has 0 heterocycles. The van der Waals surface area contributed by atoms with Gasteiger partial charge < -0.3 is 0 Å². The molecule has 0 spiro atoms. The van der Waals surface area contributed by atoms with Gasteiger partial charge in [0.1, 0.15) is 12.1 Å². The van der Waals surface area contributed by atoms with Crippen molar-refractivity contribution in [1.29, 1.82) is 10.5 Å². The number of unbranched alkanes of at least 4 members (excludes halogenated alkanes) is 10. The molecule has 0 atom stereocenters. The molecule has 0 saturated carbocycles. The SMILES string of the molecule is CCCCCCCCc1ccc(C#N)c(C#N)c1CCCCCCCC. The number of benzene rings is 1. The van der Waals surface area contributed by atoms with E-state index in [1.807, 2.05) is 6.07 Å². The van der Waals surface area contributed by atoms with Gasteiger partial charge in [0.15, 0.2) is 0 Å². The molecule has 26 heavy (non-hydrogen) atoms. The van der Waals surface area contributed by atoms with E-state index in [-0.39, 0.29) is 0 Å². The highest BCUT2D eigenvalue weighted by Crippen LogP contribution is 2.23. The summed E-state index contributed by atoms with van der Waals surface area (Å²) in [6, 6.07) is 8.45. The Balaban J connectivity index is 2.67. The van der Waals surface area contributed by atoms with Crippen LogP contribution in [0.3, 0.4) is 0 Å². The van der Waals surface area contributed by atoms with E-state index in [0.29, 0.717) is 11.1 Å². The summed E-state index contributed by atoms with van der Waals surface area (Å²) in [7, 11) is 0. The highest BCUT2D eigenvalue weighted by molar-refractivity contribution is 5.53. The quantitative estimate of drug-likeness (QED) is 0.331. The molecule has 1 aromatic carbocycles. The number of nitriles is 2. The smallest absolute Gasteiger partial charge is 0.101 e. The van der Waals surface area contributed by atoms with Crippen molar-refractivity contribution >= 4 is 0 Å². The number of rotatable bonds is 14. The highest BCUT2D eigenvalue weighted by Gasteiger charge is 2.13. The molecule has 1 rings (SSSR count). The van der Waals surface area contributed by atoms with Gasteiger partial charge in [0.25, 0.3) is 0 Å². The average Bonchev–Trinajstić information content (AvgIpc) is 2.67. The normalized spacial score (nSPS) is 10.5. The van der Waals surface area contributed by atoms with Crippen molar-refractivity contribution in [3.8, 4) is 12.1 Å². The van der Waals surface area contributed by atoms with Crippen molar-refractivity contribution in [2.45, 2.75) is 104 Å². The summed E-state index contributed by atoms with van der Waals surface area (Å²) in [4.78, 5) is 0. The molecule has 0 aromatic heterocycles. The maximum atomic E-state index is 9.60. The van der Waals surface area contributed by atoms with Gasteiger partial charge in [-0.25, -0.2) is 0 Å². The molecular formula is C24H36N2. The van der Waals surface area contributed by atoms with E-state index in [2.05, 4.69) is 32.1 Å². The average molecular weight is 353 g/mol. The topological polar surface area (TPSA) is 47.6 Å². The molecule has 1 aromatic rings. The largest absolute Gasteiger partial charge is 0.192 e. The van der Waals surface area contributed by atoms with Crippen LogP contribution in [0.15, 0.2) is 12.1 Å². The summed E-state index contributed by atoms with van der Waals surface area (Å²) in [5.74, 6) is 0. The standard InChI is InChI=1S/C24H36N2/c1-3-5-7-9-11-13-15-21-17-18-22(19-25)24(20-26)23(21)16-14-12-10-8-6-4-2/h17-18H,3-16H2,1-2H3. The molecule has 0 radical (unpaired) electrons. The lowest BCUT2D eigenvalue weighted by atomic mass is 9.90. The molecule has 2 nitrogen and oxygen atoms in total. The van der Waals surface area contributed by atoms with Gasteiger partial charge in [-0.15, -0.1) is 0 Å². The summed E-state index contributed by atoms with van der Waals surface area (Å²) in [6.07, 6.45) is 17.2. The van der Waals surface area contributed by atoms with Gasteiger partial charge in [-0.05, 0) is 42.9 Å². The molecule has 0 fully saturated rings. The van der Waals surface area contributed by atoms with Crippen LogP contribution >= 0.6 is 0 Å². The number of aryl methyl sites for hydroxylation is 1. The van der Waals surface area contributed by atoms with Gasteiger partial charge in [-0.1, -0.05) is 84.1 Å². The van der Waals surface area contributed by atoms with E-state index in [1.165, 1.54) is 76.2 Å². The van der Waals surface area contributed by atoms with Crippen molar-refractivity contribution in [3.05, 3.63) is 34.4 Å². The Morgan fingerprint density at radius 1 is 0.654 bits per heavy atom. The van der Waals surface area contributed by atoms with E-state index in [4.69, 9.17) is 0 Å². The number of nitrogens with zero attached hydrogens (tertiary/aromatic N) is 2. The van der Waals surface area contributed by atoms with Crippen LogP contribution in [0, 0.1) is 22.7 Å². The third-order valence-corrected chi connectivity index (χ3v) is 5.22. The highest BCUT2D eigenvalue weighted by atomic mass is 14.3. The second kappa shape index (κ2) is 14.4. The van der Waals surface area contributed by atoms with Crippen LogP contribution in [0.1, 0.15) is 113 Å². The zero-order valence-electron chi connectivity index (χ0n) is 16.9. The van der Waals surface area contributed by atoms with E-state index in [1.54, 1.807) is 0 Å². The van der Waals surface area contributed by atoms with Gasteiger partial charge in [0.05, 0.1) is 11.1 Å². The summed E-state index contributed by atoms with van der Waals surface area (Å²) in [5.41, 5.74) is 3.62. The minimum absolute atomic E-state index is 0.542. The van der Waals surface area contributed by atoms with Crippen LogP contribution < -0.4 is 0 Å². The van der Waals surface area contributed by atoms with Crippen LogP contribution in [-0.2, 0) is 12.8 Å². The number of hydrogen-bond donors (Lipinski definition) is 0. The Labute approximate surface area is 161 Å². The van der Waals surface area contributed by atoms with E-state index in [0.717, 1.165) is 24.8 Å². The maximum absolute atomic E-state index is 9.60. The fourth-order valence-electron chi connectivity index (χ4n) is 3.61. The molecule has 2 heteroatoms. The van der Waals surface area contributed by atoms with Crippen molar-refractivity contribution in [3.63, 3.8) is 0 Å². The Kier molecular flexibility index (Phi) is 12.3. The first-order valence-electron chi connectivity index (χ1n) is 10.7. The summed E-state index contributed by atoms with van der Waals surface area (Å²) < 4.78 is 0. The molecule has 0 amide bonds. The van der Waals surface area contributed by atoms with Crippen molar-refractivity contribution in [1.82, 2.24) is 0 Å². The Hall–Kier alpha value is -1.80. The van der Waals surface area contributed by atoms with Crippen LogP contribution in [0.5, 0.6) is 0 Å². The minimum Gasteiger partial charge on any atom is -0.192 e. The van der Waals surface area contributed by atoms with Gasteiger partial charge >= 0.3 is 0 Å².